The fourth-order valence-electron chi connectivity index (χ4n) is 5.53. The van der Waals surface area contributed by atoms with Crippen LogP contribution in [0.5, 0.6) is 5.75 Å². The Morgan fingerprint density at radius 3 is 1.48 bits per heavy atom. The van der Waals surface area contributed by atoms with Crippen LogP contribution < -0.4 is 4.74 Å². The van der Waals surface area contributed by atoms with Crippen molar-refractivity contribution in [3.05, 3.63) is 112 Å². The lowest BCUT2D eigenvalue weighted by Crippen LogP contribution is -2.16. The predicted octanol–water partition coefficient (Wildman–Crippen LogP) is 8.05. The molecule has 2 aliphatic rings. The Kier molecular flexibility index (Phi) is 5.89. The lowest BCUT2D eigenvalue weighted by molar-refractivity contribution is -0.274. The number of benzene rings is 4. The molecule has 0 atom stereocenters. The topological polar surface area (TPSA) is 104 Å². The van der Waals surface area contributed by atoms with Crippen molar-refractivity contribution in [1.29, 1.82) is 21.0 Å². The fraction of sp³-hybridized carbons (Fsp3) is 0.0303. The van der Waals surface area contributed by atoms with Gasteiger partial charge in [-0.3, -0.25) is 0 Å². The summed E-state index contributed by atoms with van der Waals surface area (Å²) in [4.78, 5) is 0. The highest BCUT2D eigenvalue weighted by molar-refractivity contribution is 6.11. The molecule has 0 saturated heterocycles. The van der Waals surface area contributed by atoms with E-state index in [0.717, 1.165) is 0 Å². The Bertz CT molecular complexity index is 2060. The second-order valence-corrected chi connectivity index (χ2v) is 9.41. The highest BCUT2D eigenvalue weighted by Crippen LogP contribution is 2.53. The van der Waals surface area contributed by atoms with Gasteiger partial charge in [0.2, 0.25) is 0 Å². The highest BCUT2D eigenvalue weighted by Gasteiger charge is 2.34. The molecule has 0 unspecified atom stereocenters. The first-order valence-electron chi connectivity index (χ1n) is 12.3. The summed E-state index contributed by atoms with van der Waals surface area (Å²) >= 11 is 0. The number of fused-ring (bicyclic) bond motifs is 6. The van der Waals surface area contributed by atoms with Gasteiger partial charge in [0.15, 0.2) is 0 Å². The quantitative estimate of drug-likeness (QED) is 0.159. The second kappa shape index (κ2) is 9.49. The minimum atomic E-state index is -4.82. The first-order chi connectivity index (χ1) is 20.2. The number of hydrogen-bond acceptors (Lipinski definition) is 5. The van der Waals surface area contributed by atoms with Gasteiger partial charge in [-0.2, -0.15) is 21.0 Å². The van der Waals surface area contributed by atoms with Gasteiger partial charge in [-0.15, -0.1) is 13.2 Å². The molecule has 0 heterocycles. The van der Waals surface area contributed by atoms with Crippen molar-refractivity contribution in [1.82, 2.24) is 0 Å². The number of halogens is 4. The predicted molar refractivity (Wildman–Crippen MR) is 144 cm³/mol. The number of alkyl halides is 3. The Balaban J connectivity index is 1.57. The number of nitrogens with zero attached hydrogens (tertiary/aromatic N) is 4. The van der Waals surface area contributed by atoms with Gasteiger partial charge < -0.3 is 4.74 Å². The SMILES string of the molecule is N#CC(C#N)=C1c2cc(F)ccc2-c2cc3c(cc21)-c1ccc(-c2ccc(OC(F)(F)F)cc2)cc1C3=C(C#N)C#N. The molecule has 0 radical (unpaired) electrons. The summed E-state index contributed by atoms with van der Waals surface area (Å²) in [5.41, 5.74) is 6.12. The van der Waals surface area contributed by atoms with Crippen LogP contribution in [0.3, 0.4) is 0 Å². The summed E-state index contributed by atoms with van der Waals surface area (Å²) in [6, 6.07) is 25.9. The molecule has 198 valence electrons. The minimum Gasteiger partial charge on any atom is -0.406 e. The number of hydrogen-bond donors (Lipinski definition) is 0. The van der Waals surface area contributed by atoms with E-state index >= 15 is 0 Å². The summed E-state index contributed by atoms with van der Waals surface area (Å²) in [5.74, 6) is -0.904. The summed E-state index contributed by atoms with van der Waals surface area (Å²) in [7, 11) is 0. The van der Waals surface area contributed by atoms with E-state index in [1.807, 2.05) is 24.3 Å². The molecule has 0 fully saturated rings. The maximum absolute atomic E-state index is 14.3. The van der Waals surface area contributed by atoms with Crippen LogP contribution in [0.15, 0.2) is 83.9 Å². The molecule has 2 aliphatic carbocycles. The molecule has 0 bridgehead atoms. The lowest BCUT2D eigenvalue weighted by Gasteiger charge is -2.10. The van der Waals surface area contributed by atoms with Gasteiger partial charge >= 0.3 is 6.36 Å². The van der Waals surface area contributed by atoms with Crippen molar-refractivity contribution >= 4 is 11.1 Å². The first-order valence-corrected chi connectivity index (χ1v) is 12.3. The smallest absolute Gasteiger partial charge is 0.406 e. The van der Waals surface area contributed by atoms with Crippen LogP contribution in [0.4, 0.5) is 17.6 Å². The Hall–Kier alpha value is -6.16. The van der Waals surface area contributed by atoms with Crippen LogP contribution >= 0.6 is 0 Å². The zero-order valence-electron chi connectivity index (χ0n) is 21.1. The van der Waals surface area contributed by atoms with E-state index in [0.29, 0.717) is 66.8 Å². The standard InChI is InChI=1S/C33H12F4N4O/c34-21-4-8-24-26-12-29-25(11-30(26)32(28(24)10-21)20(15-40)16-41)23-7-3-18(9-27(23)31(29)19(13-38)14-39)17-1-5-22(6-2-17)42-33(35,36)37/h1-12H. The molecule has 0 aromatic heterocycles. The van der Waals surface area contributed by atoms with Gasteiger partial charge in [0, 0.05) is 11.1 Å². The van der Waals surface area contributed by atoms with Crippen LogP contribution in [0.2, 0.25) is 0 Å². The Morgan fingerprint density at radius 2 is 0.976 bits per heavy atom. The third kappa shape index (κ3) is 4.06. The molecule has 0 spiro atoms. The zero-order chi connectivity index (χ0) is 29.8. The van der Waals surface area contributed by atoms with Gasteiger partial charge in [0.05, 0.1) is 0 Å². The molecule has 4 aromatic rings. The molecule has 9 heteroatoms. The fourth-order valence-corrected chi connectivity index (χ4v) is 5.53. The maximum Gasteiger partial charge on any atom is 0.573 e. The zero-order valence-corrected chi connectivity index (χ0v) is 21.1. The normalized spacial score (nSPS) is 12.1. The van der Waals surface area contributed by atoms with E-state index in [2.05, 4.69) is 4.74 Å². The van der Waals surface area contributed by atoms with Crippen LogP contribution in [-0.4, -0.2) is 6.36 Å². The molecule has 0 aliphatic heterocycles. The Morgan fingerprint density at radius 1 is 0.524 bits per heavy atom. The molecule has 6 rings (SSSR count). The largest absolute Gasteiger partial charge is 0.573 e. The third-order valence-electron chi connectivity index (χ3n) is 7.19. The van der Waals surface area contributed by atoms with Crippen molar-refractivity contribution < 1.29 is 22.3 Å². The monoisotopic (exact) mass is 556 g/mol. The molecule has 4 aromatic carbocycles. The van der Waals surface area contributed by atoms with Crippen LogP contribution in [0.1, 0.15) is 22.3 Å². The van der Waals surface area contributed by atoms with E-state index in [-0.39, 0.29) is 16.9 Å². The minimum absolute atomic E-state index is 0.149. The number of nitriles is 4. The lowest BCUT2D eigenvalue weighted by atomic mass is 9.93. The van der Waals surface area contributed by atoms with Crippen molar-refractivity contribution in [2.24, 2.45) is 0 Å². The third-order valence-corrected chi connectivity index (χ3v) is 7.19. The van der Waals surface area contributed by atoms with Crippen LogP contribution in [-0.2, 0) is 0 Å². The van der Waals surface area contributed by atoms with Gasteiger partial charge in [0.1, 0.15) is 47.0 Å². The highest BCUT2D eigenvalue weighted by atomic mass is 19.4. The van der Waals surface area contributed by atoms with Crippen molar-refractivity contribution in [3.8, 4) is 63.4 Å². The van der Waals surface area contributed by atoms with Crippen molar-refractivity contribution in [2.75, 3.05) is 0 Å². The summed E-state index contributed by atoms with van der Waals surface area (Å²) in [6.07, 6.45) is -4.82. The molecular formula is C33H12F4N4O. The van der Waals surface area contributed by atoms with Gasteiger partial charge in [-0.1, -0.05) is 30.3 Å². The molecule has 5 nitrogen and oxygen atoms in total. The molecule has 0 amide bonds. The first kappa shape index (κ1) is 26.1. The van der Waals surface area contributed by atoms with E-state index in [1.54, 1.807) is 36.4 Å². The van der Waals surface area contributed by atoms with Crippen LogP contribution in [0.25, 0.3) is 44.5 Å². The maximum atomic E-state index is 14.3. The number of rotatable bonds is 2. The Labute approximate surface area is 236 Å². The number of allylic oxidation sites excluding steroid dienone is 2. The molecule has 0 saturated carbocycles. The van der Waals surface area contributed by atoms with Gasteiger partial charge in [-0.25, -0.2) is 4.39 Å². The summed E-state index contributed by atoms with van der Waals surface area (Å²) < 4.78 is 56.0. The van der Waals surface area contributed by atoms with Crippen molar-refractivity contribution in [3.63, 3.8) is 0 Å². The van der Waals surface area contributed by atoms with E-state index in [4.69, 9.17) is 0 Å². The second-order valence-electron chi connectivity index (χ2n) is 9.41. The van der Waals surface area contributed by atoms with Crippen molar-refractivity contribution in [2.45, 2.75) is 6.36 Å². The van der Waals surface area contributed by atoms with E-state index < -0.39 is 12.2 Å². The molecule has 42 heavy (non-hydrogen) atoms. The average molecular weight is 556 g/mol. The average Bonchev–Trinajstić information content (AvgIpc) is 3.44. The molecular weight excluding hydrogens is 544 g/mol. The summed E-state index contributed by atoms with van der Waals surface area (Å²) in [5, 5.41) is 39.1. The van der Waals surface area contributed by atoms with Gasteiger partial charge in [-0.05, 0) is 98.1 Å². The van der Waals surface area contributed by atoms with E-state index in [1.165, 1.54) is 36.4 Å². The summed E-state index contributed by atoms with van der Waals surface area (Å²) in [6.45, 7) is 0. The van der Waals surface area contributed by atoms with Crippen LogP contribution in [0, 0.1) is 51.1 Å². The number of ether oxygens (including phenoxy) is 1. The molecule has 0 N–H and O–H groups in total. The van der Waals surface area contributed by atoms with E-state index in [9.17, 15) is 38.6 Å². The van der Waals surface area contributed by atoms with Gasteiger partial charge in [0.25, 0.3) is 0 Å².